The van der Waals surface area contributed by atoms with Crippen LogP contribution in [0.1, 0.15) is 30.5 Å². The van der Waals surface area contributed by atoms with E-state index in [-0.39, 0.29) is 11.8 Å². The van der Waals surface area contributed by atoms with Gasteiger partial charge in [0.1, 0.15) is 24.7 Å². The van der Waals surface area contributed by atoms with Gasteiger partial charge in [0.25, 0.3) is 11.8 Å². The van der Waals surface area contributed by atoms with Crippen molar-refractivity contribution in [2.45, 2.75) is 13.8 Å². The number of carbonyl (C=O) groups is 2. The van der Waals surface area contributed by atoms with Gasteiger partial charge in [0, 0.05) is 0 Å². The Hall–Kier alpha value is -3.32. The third kappa shape index (κ3) is 6.58. The Labute approximate surface area is 186 Å². The maximum absolute atomic E-state index is 12.3. The van der Waals surface area contributed by atoms with E-state index in [1.54, 1.807) is 12.1 Å². The highest BCUT2D eigenvalue weighted by Gasteiger charge is 2.13. The third-order valence-electron chi connectivity index (χ3n) is 4.53. The van der Waals surface area contributed by atoms with Crippen LogP contribution in [0.4, 0.5) is 0 Å². The summed E-state index contributed by atoms with van der Waals surface area (Å²) >= 11 is 1.16. The van der Waals surface area contributed by atoms with E-state index in [1.807, 2.05) is 62.4 Å². The second kappa shape index (κ2) is 11.2. The SMILES string of the molecule is Cc1ccccc1OCCNC(=O)c1ccc(C(=O)NCCOc2ccccc2C)s1. The first-order valence-electron chi connectivity index (χ1n) is 10.1. The molecule has 0 aliphatic carbocycles. The van der Waals surface area contributed by atoms with Crippen molar-refractivity contribution in [1.82, 2.24) is 10.6 Å². The molecular weight excluding hydrogens is 412 g/mol. The van der Waals surface area contributed by atoms with Crippen molar-refractivity contribution in [3.63, 3.8) is 0 Å². The topological polar surface area (TPSA) is 76.7 Å². The molecule has 0 saturated carbocycles. The molecule has 0 saturated heterocycles. The lowest BCUT2D eigenvalue weighted by molar-refractivity contribution is 0.0944. The predicted molar refractivity (Wildman–Crippen MR) is 122 cm³/mol. The summed E-state index contributed by atoms with van der Waals surface area (Å²) < 4.78 is 11.3. The van der Waals surface area contributed by atoms with Gasteiger partial charge in [-0.3, -0.25) is 9.59 Å². The number of ether oxygens (including phenoxy) is 2. The molecule has 162 valence electrons. The number of rotatable bonds is 10. The molecule has 1 aromatic heterocycles. The van der Waals surface area contributed by atoms with Crippen LogP contribution in [0.3, 0.4) is 0 Å². The van der Waals surface area contributed by atoms with Crippen LogP contribution in [-0.4, -0.2) is 38.1 Å². The third-order valence-corrected chi connectivity index (χ3v) is 5.61. The Bertz CT molecular complexity index is 952. The first-order chi connectivity index (χ1) is 15.0. The monoisotopic (exact) mass is 438 g/mol. The molecule has 0 radical (unpaired) electrons. The lowest BCUT2D eigenvalue weighted by Gasteiger charge is -2.09. The van der Waals surface area contributed by atoms with Crippen LogP contribution in [0.2, 0.25) is 0 Å². The maximum atomic E-state index is 12.3. The number of para-hydroxylation sites is 2. The number of aryl methyl sites for hydroxylation is 2. The molecule has 0 atom stereocenters. The number of benzene rings is 2. The second-order valence-corrected chi connectivity index (χ2v) is 7.99. The summed E-state index contributed by atoms with van der Waals surface area (Å²) in [5, 5.41) is 5.62. The number of amides is 2. The summed E-state index contributed by atoms with van der Waals surface area (Å²) in [7, 11) is 0. The first-order valence-corrected chi connectivity index (χ1v) is 10.9. The quantitative estimate of drug-likeness (QED) is 0.470. The van der Waals surface area contributed by atoms with Gasteiger partial charge in [0.2, 0.25) is 0 Å². The first kappa shape index (κ1) is 22.4. The highest BCUT2D eigenvalue weighted by Crippen LogP contribution is 2.18. The van der Waals surface area contributed by atoms with Gasteiger partial charge in [0.15, 0.2) is 0 Å². The van der Waals surface area contributed by atoms with Crippen LogP contribution in [0.5, 0.6) is 11.5 Å². The van der Waals surface area contributed by atoms with E-state index < -0.39 is 0 Å². The molecular formula is C24H26N2O4S. The molecule has 2 amide bonds. The van der Waals surface area contributed by atoms with E-state index in [1.165, 1.54) is 0 Å². The summed E-state index contributed by atoms with van der Waals surface area (Å²) in [5.74, 6) is 1.16. The van der Waals surface area contributed by atoms with Crippen molar-refractivity contribution in [3.8, 4) is 11.5 Å². The minimum atomic E-state index is -0.222. The normalized spacial score (nSPS) is 10.4. The molecule has 7 heteroatoms. The van der Waals surface area contributed by atoms with E-state index in [0.717, 1.165) is 34.0 Å². The Morgan fingerprint density at radius 3 is 1.55 bits per heavy atom. The van der Waals surface area contributed by atoms with Gasteiger partial charge in [-0.2, -0.15) is 0 Å². The van der Waals surface area contributed by atoms with Gasteiger partial charge >= 0.3 is 0 Å². The summed E-state index contributed by atoms with van der Waals surface area (Å²) in [6.07, 6.45) is 0. The average Bonchev–Trinajstić information content (AvgIpc) is 3.27. The smallest absolute Gasteiger partial charge is 0.261 e. The molecule has 0 bridgehead atoms. The fourth-order valence-electron chi connectivity index (χ4n) is 2.84. The van der Waals surface area contributed by atoms with Crippen molar-refractivity contribution >= 4 is 23.2 Å². The molecule has 0 spiro atoms. The number of nitrogens with one attached hydrogen (secondary N) is 2. The Kier molecular flexibility index (Phi) is 8.06. The summed E-state index contributed by atoms with van der Waals surface area (Å²) in [6.45, 7) is 5.44. The van der Waals surface area contributed by atoms with Crippen molar-refractivity contribution in [3.05, 3.63) is 81.5 Å². The molecule has 3 rings (SSSR count). The standard InChI is InChI=1S/C24H26N2O4S/c1-17-7-3-5-9-19(17)29-15-13-25-23(27)21-11-12-22(31-21)24(28)26-14-16-30-20-10-6-4-8-18(20)2/h3-12H,13-16H2,1-2H3,(H,25,27)(H,26,28). The molecule has 3 aromatic rings. The fourth-order valence-corrected chi connectivity index (χ4v) is 3.68. The van der Waals surface area contributed by atoms with Gasteiger partial charge in [0.05, 0.1) is 22.8 Å². The predicted octanol–water partition coefficient (Wildman–Crippen LogP) is 3.98. The zero-order valence-corrected chi connectivity index (χ0v) is 18.5. The van der Waals surface area contributed by atoms with Crippen LogP contribution < -0.4 is 20.1 Å². The van der Waals surface area contributed by atoms with Crippen molar-refractivity contribution in [1.29, 1.82) is 0 Å². The Morgan fingerprint density at radius 2 is 1.13 bits per heavy atom. The number of carbonyl (C=O) groups excluding carboxylic acids is 2. The molecule has 0 unspecified atom stereocenters. The van der Waals surface area contributed by atoms with Gasteiger partial charge in [-0.1, -0.05) is 36.4 Å². The van der Waals surface area contributed by atoms with E-state index in [4.69, 9.17) is 9.47 Å². The molecule has 1 heterocycles. The minimum Gasteiger partial charge on any atom is -0.491 e. The molecule has 31 heavy (non-hydrogen) atoms. The molecule has 0 aliphatic heterocycles. The number of hydrogen-bond donors (Lipinski definition) is 2. The summed E-state index contributed by atoms with van der Waals surface area (Å²) in [5.41, 5.74) is 2.10. The van der Waals surface area contributed by atoms with Crippen LogP contribution in [-0.2, 0) is 0 Å². The number of hydrogen-bond acceptors (Lipinski definition) is 5. The van der Waals surface area contributed by atoms with Crippen LogP contribution in [0.15, 0.2) is 60.7 Å². The maximum Gasteiger partial charge on any atom is 0.261 e. The molecule has 2 N–H and O–H groups in total. The van der Waals surface area contributed by atoms with Crippen molar-refractivity contribution in [2.75, 3.05) is 26.3 Å². The molecule has 2 aromatic carbocycles. The van der Waals surface area contributed by atoms with Gasteiger partial charge in [-0.25, -0.2) is 0 Å². The van der Waals surface area contributed by atoms with Crippen LogP contribution >= 0.6 is 11.3 Å². The zero-order chi connectivity index (χ0) is 22.1. The second-order valence-electron chi connectivity index (χ2n) is 6.90. The highest BCUT2D eigenvalue weighted by atomic mass is 32.1. The number of thiophene rings is 1. The van der Waals surface area contributed by atoms with Gasteiger partial charge in [-0.15, -0.1) is 11.3 Å². The lowest BCUT2D eigenvalue weighted by atomic mass is 10.2. The van der Waals surface area contributed by atoms with Crippen molar-refractivity contribution in [2.24, 2.45) is 0 Å². The van der Waals surface area contributed by atoms with Crippen LogP contribution in [0.25, 0.3) is 0 Å². The molecule has 6 nitrogen and oxygen atoms in total. The van der Waals surface area contributed by atoms with Gasteiger partial charge in [-0.05, 0) is 49.2 Å². The van der Waals surface area contributed by atoms with Crippen LogP contribution in [0, 0.1) is 13.8 Å². The fraction of sp³-hybridized carbons (Fsp3) is 0.250. The lowest BCUT2D eigenvalue weighted by Crippen LogP contribution is -2.28. The van der Waals surface area contributed by atoms with E-state index in [2.05, 4.69) is 10.6 Å². The Balaban J connectivity index is 1.38. The van der Waals surface area contributed by atoms with E-state index in [0.29, 0.717) is 36.1 Å². The summed E-state index contributed by atoms with van der Waals surface area (Å²) in [6, 6.07) is 18.8. The average molecular weight is 439 g/mol. The van der Waals surface area contributed by atoms with Gasteiger partial charge < -0.3 is 20.1 Å². The largest absolute Gasteiger partial charge is 0.491 e. The van der Waals surface area contributed by atoms with E-state index >= 15 is 0 Å². The van der Waals surface area contributed by atoms with Crippen molar-refractivity contribution < 1.29 is 19.1 Å². The zero-order valence-electron chi connectivity index (χ0n) is 17.6. The summed E-state index contributed by atoms with van der Waals surface area (Å²) in [4.78, 5) is 25.6. The molecule has 0 aliphatic rings. The van der Waals surface area contributed by atoms with E-state index in [9.17, 15) is 9.59 Å². The Morgan fingerprint density at radius 1 is 0.710 bits per heavy atom. The minimum absolute atomic E-state index is 0.222. The highest BCUT2D eigenvalue weighted by molar-refractivity contribution is 7.15. The molecule has 0 fully saturated rings.